The number of nitrogens with one attached hydrogen (secondary N) is 2. The van der Waals surface area contributed by atoms with Crippen LogP contribution in [0.15, 0.2) is 69.1 Å². The quantitative estimate of drug-likeness (QED) is 0.411. The van der Waals surface area contributed by atoms with Gasteiger partial charge in [0.15, 0.2) is 16.7 Å². The Morgan fingerprint density at radius 1 is 1.17 bits per heavy atom. The number of carbonyl (C=O) groups excluding carboxylic acids is 1. The molecule has 8 heteroatoms. The molecule has 29 heavy (non-hydrogen) atoms. The molecule has 0 saturated heterocycles. The maximum absolute atomic E-state index is 12.7. The van der Waals surface area contributed by atoms with Crippen LogP contribution >= 0.6 is 11.8 Å². The normalized spacial score (nSPS) is 12.1. The van der Waals surface area contributed by atoms with Crippen molar-refractivity contribution in [2.45, 2.75) is 30.7 Å². The number of hydrogen-bond donors (Lipinski definition) is 2. The Morgan fingerprint density at radius 3 is 2.55 bits per heavy atom. The first kappa shape index (κ1) is 19.1. The summed E-state index contributed by atoms with van der Waals surface area (Å²) in [6, 6.07) is 11.0. The van der Waals surface area contributed by atoms with E-state index in [0.717, 1.165) is 5.56 Å². The lowest BCUT2D eigenvalue weighted by Crippen LogP contribution is -2.25. The molecule has 148 valence electrons. The fourth-order valence-corrected chi connectivity index (χ4v) is 3.71. The second-order valence-corrected chi connectivity index (χ2v) is 7.64. The van der Waals surface area contributed by atoms with Gasteiger partial charge in [-0.15, -0.1) is 0 Å². The summed E-state index contributed by atoms with van der Waals surface area (Å²) in [6.07, 6.45) is 5.56. The van der Waals surface area contributed by atoms with Crippen molar-refractivity contribution in [2.24, 2.45) is 0 Å². The number of thioether (sulfide) groups is 1. The topological polar surface area (TPSA) is 97.0 Å². The van der Waals surface area contributed by atoms with Crippen molar-refractivity contribution >= 4 is 23.5 Å². The summed E-state index contributed by atoms with van der Waals surface area (Å²) in [5.41, 5.74) is 2.39. The number of H-pyrrole nitrogens is 1. The predicted octanol–water partition coefficient (Wildman–Crippen LogP) is 5.14. The Morgan fingerprint density at radius 2 is 1.93 bits per heavy atom. The van der Waals surface area contributed by atoms with Gasteiger partial charge in [-0.3, -0.25) is 4.79 Å². The van der Waals surface area contributed by atoms with Gasteiger partial charge in [-0.2, -0.15) is 0 Å². The van der Waals surface area contributed by atoms with E-state index < -0.39 is 0 Å². The SMILES string of the molecule is CCC(Sc1nc(-c2ccco2)c(-c2ccco2)[nH]1)C(=O)Nc1ccc(C)cn1. The highest BCUT2D eigenvalue weighted by Gasteiger charge is 2.23. The number of rotatable bonds is 7. The number of carbonyl (C=O) groups is 1. The molecule has 7 nitrogen and oxygen atoms in total. The van der Waals surface area contributed by atoms with Crippen LogP contribution in [-0.2, 0) is 4.79 Å². The summed E-state index contributed by atoms with van der Waals surface area (Å²) in [4.78, 5) is 24.9. The molecule has 0 fully saturated rings. The van der Waals surface area contributed by atoms with E-state index in [0.29, 0.717) is 40.3 Å². The predicted molar refractivity (Wildman–Crippen MR) is 112 cm³/mol. The average molecular weight is 408 g/mol. The molecule has 1 amide bonds. The van der Waals surface area contributed by atoms with E-state index in [4.69, 9.17) is 8.83 Å². The molecule has 0 saturated carbocycles. The number of aromatic amines is 1. The molecule has 0 bridgehead atoms. The fraction of sp³-hybridized carbons (Fsp3) is 0.190. The van der Waals surface area contributed by atoms with E-state index in [1.807, 2.05) is 38.1 Å². The smallest absolute Gasteiger partial charge is 0.239 e. The van der Waals surface area contributed by atoms with Crippen molar-refractivity contribution in [3.05, 3.63) is 60.7 Å². The Balaban J connectivity index is 1.56. The Labute approximate surface area is 171 Å². The summed E-state index contributed by atoms with van der Waals surface area (Å²) in [5, 5.41) is 3.14. The van der Waals surface area contributed by atoms with Crippen molar-refractivity contribution in [1.82, 2.24) is 15.0 Å². The van der Waals surface area contributed by atoms with E-state index in [-0.39, 0.29) is 11.2 Å². The van der Waals surface area contributed by atoms with Crippen LogP contribution in [0.1, 0.15) is 18.9 Å². The molecule has 4 aromatic heterocycles. The van der Waals surface area contributed by atoms with E-state index in [2.05, 4.69) is 20.3 Å². The molecule has 0 aliphatic rings. The zero-order valence-corrected chi connectivity index (χ0v) is 16.8. The molecule has 1 atom stereocenters. The van der Waals surface area contributed by atoms with Gasteiger partial charge in [-0.1, -0.05) is 24.8 Å². The van der Waals surface area contributed by atoms with Crippen molar-refractivity contribution in [2.75, 3.05) is 5.32 Å². The lowest BCUT2D eigenvalue weighted by Gasteiger charge is -2.12. The molecule has 4 rings (SSSR count). The van der Waals surface area contributed by atoms with Crippen molar-refractivity contribution in [3.63, 3.8) is 0 Å². The number of furan rings is 2. The molecular weight excluding hydrogens is 388 g/mol. The molecule has 4 heterocycles. The number of imidazole rings is 1. The summed E-state index contributed by atoms with van der Waals surface area (Å²) in [7, 11) is 0. The molecular formula is C21H20N4O3S. The molecule has 4 aromatic rings. The van der Waals surface area contributed by atoms with Gasteiger partial charge in [0, 0.05) is 6.20 Å². The average Bonchev–Trinajstić information content (AvgIpc) is 3.47. The van der Waals surface area contributed by atoms with Crippen LogP contribution in [0.4, 0.5) is 5.82 Å². The third kappa shape index (κ3) is 4.27. The highest BCUT2D eigenvalue weighted by atomic mass is 32.2. The number of amides is 1. The van der Waals surface area contributed by atoms with E-state index in [9.17, 15) is 4.79 Å². The first-order valence-electron chi connectivity index (χ1n) is 9.22. The molecule has 1 unspecified atom stereocenters. The molecule has 0 radical (unpaired) electrons. The zero-order valence-electron chi connectivity index (χ0n) is 16.0. The summed E-state index contributed by atoms with van der Waals surface area (Å²) < 4.78 is 11.0. The molecule has 0 aromatic carbocycles. The van der Waals surface area contributed by atoms with Crippen molar-refractivity contribution < 1.29 is 13.6 Å². The highest BCUT2D eigenvalue weighted by molar-refractivity contribution is 8.00. The van der Waals surface area contributed by atoms with Gasteiger partial charge in [0.05, 0.1) is 17.8 Å². The maximum Gasteiger partial charge on any atom is 0.239 e. The lowest BCUT2D eigenvalue weighted by atomic mass is 10.2. The van der Waals surface area contributed by atoms with Crippen LogP contribution in [0.25, 0.3) is 22.9 Å². The Hall–Kier alpha value is -3.26. The van der Waals surface area contributed by atoms with Crippen molar-refractivity contribution in [1.29, 1.82) is 0 Å². The number of aryl methyl sites for hydroxylation is 1. The van der Waals surface area contributed by atoms with Crippen LogP contribution in [0.2, 0.25) is 0 Å². The minimum atomic E-state index is -0.335. The van der Waals surface area contributed by atoms with Gasteiger partial charge in [0.25, 0.3) is 0 Å². The number of anilines is 1. The largest absolute Gasteiger partial charge is 0.463 e. The van der Waals surface area contributed by atoms with Gasteiger partial charge in [0.1, 0.15) is 17.2 Å². The Kier molecular flexibility index (Phi) is 5.53. The minimum absolute atomic E-state index is 0.121. The summed E-state index contributed by atoms with van der Waals surface area (Å²) in [6.45, 7) is 3.91. The number of aromatic nitrogens is 3. The van der Waals surface area contributed by atoms with Crippen LogP contribution in [0.5, 0.6) is 0 Å². The molecule has 0 aliphatic carbocycles. The standard InChI is InChI=1S/C21H20N4O3S/c1-3-16(20(26)23-17-9-8-13(2)12-22-17)29-21-24-18(14-6-4-10-27-14)19(25-21)15-7-5-11-28-15/h4-12,16H,3H2,1-2H3,(H,24,25)(H,22,23,26). The Bertz CT molecular complexity index is 1020. The second-order valence-electron chi connectivity index (χ2n) is 6.44. The maximum atomic E-state index is 12.7. The molecule has 2 N–H and O–H groups in total. The van der Waals surface area contributed by atoms with Crippen LogP contribution in [0, 0.1) is 6.92 Å². The number of hydrogen-bond acceptors (Lipinski definition) is 6. The molecule has 0 aliphatic heterocycles. The first-order chi connectivity index (χ1) is 14.1. The monoisotopic (exact) mass is 408 g/mol. The van der Waals surface area contributed by atoms with E-state index in [1.54, 1.807) is 30.9 Å². The van der Waals surface area contributed by atoms with Crippen LogP contribution < -0.4 is 5.32 Å². The number of pyridine rings is 1. The second kappa shape index (κ2) is 8.40. The number of nitrogens with zero attached hydrogens (tertiary/aromatic N) is 2. The van der Waals surface area contributed by atoms with Gasteiger partial charge in [-0.05, 0) is 49.2 Å². The lowest BCUT2D eigenvalue weighted by molar-refractivity contribution is -0.115. The summed E-state index contributed by atoms with van der Waals surface area (Å²) in [5.74, 6) is 1.69. The van der Waals surface area contributed by atoms with Gasteiger partial charge in [-0.25, -0.2) is 9.97 Å². The highest BCUT2D eigenvalue weighted by Crippen LogP contribution is 2.35. The zero-order chi connectivity index (χ0) is 20.2. The van der Waals surface area contributed by atoms with Gasteiger partial charge >= 0.3 is 0 Å². The first-order valence-corrected chi connectivity index (χ1v) is 10.1. The minimum Gasteiger partial charge on any atom is -0.463 e. The van der Waals surface area contributed by atoms with Crippen molar-refractivity contribution in [3.8, 4) is 22.9 Å². The third-order valence-electron chi connectivity index (χ3n) is 4.28. The van der Waals surface area contributed by atoms with Gasteiger partial charge in [0.2, 0.25) is 5.91 Å². The van der Waals surface area contributed by atoms with Crippen LogP contribution in [-0.4, -0.2) is 26.1 Å². The van der Waals surface area contributed by atoms with Gasteiger partial charge < -0.3 is 19.1 Å². The van der Waals surface area contributed by atoms with E-state index >= 15 is 0 Å². The third-order valence-corrected chi connectivity index (χ3v) is 5.53. The van der Waals surface area contributed by atoms with Crippen LogP contribution in [0.3, 0.4) is 0 Å². The fourth-order valence-electron chi connectivity index (χ4n) is 2.80. The van der Waals surface area contributed by atoms with E-state index in [1.165, 1.54) is 11.8 Å². The molecule has 0 spiro atoms. The summed E-state index contributed by atoms with van der Waals surface area (Å²) >= 11 is 1.36.